The highest BCUT2D eigenvalue weighted by Gasteiger charge is 2.48. The number of rotatable bonds is 4. The third-order valence-corrected chi connectivity index (χ3v) is 4.21. The maximum absolute atomic E-state index is 12.3. The molecule has 1 aromatic rings. The van der Waals surface area contributed by atoms with Gasteiger partial charge in [0.1, 0.15) is 5.54 Å². The number of carbonyl (C=O) groups is 2. The first-order chi connectivity index (χ1) is 9.10. The molecular formula is C14H16BrNO3. The molecule has 1 atom stereocenters. The largest absolute Gasteiger partial charge is 0.465 e. The number of Topliss-reactive ketones (excluding diaryl/α,β-unsaturated/α-hetero) is 1. The summed E-state index contributed by atoms with van der Waals surface area (Å²) >= 11 is 3.18. The number of hydrogen-bond donors (Lipinski definition) is 1. The van der Waals surface area contributed by atoms with Crippen LogP contribution in [0.25, 0.3) is 0 Å². The minimum Gasteiger partial charge on any atom is -0.465 e. The second-order valence-corrected chi connectivity index (χ2v) is 5.35. The number of likely N-dealkylation sites (tertiary alicyclic amines) is 1. The molecule has 0 aromatic heterocycles. The summed E-state index contributed by atoms with van der Waals surface area (Å²) in [5.74, 6) is -0.0590. The number of nitrogens with zero attached hydrogens (tertiary/aromatic N) is 1. The number of carboxylic acid groups (broad SMARTS) is 1. The Bertz CT molecular complexity index is 477. The van der Waals surface area contributed by atoms with Gasteiger partial charge in [-0.2, -0.15) is 0 Å². The van der Waals surface area contributed by atoms with Crippen LogP contribution in [-0.2, 0) is 11.2 Å². The van der Waals surface area contributed by atoms with E-state index < -0.39 is 11.6 Å². The topological polar surface area (TPSA) is 57.6 Å². The third-order valence-electron chi connectivity index (χ3n) is 3.70. The number of alkyl halides is 1. The Labute approximate surface area is 120 Å². The minimum absolute atomic E-state index is 0.0590. The smallest absolute Gasteiger partial charge is 0.408 e. The summed E-state index contributed by atoms with van der Waals surface area (Å²) in [6.45, 7) is 0.431. The number of halogens is 1. The van der Waals surface area contributed by atoms with Crippen LogP contribution < -0.4 is 0 Å². The Morgan fingerprint density at radius 2 is 2.00 bits per heavy atom. The van der Waals surface area contributed by atoms with E-state index in [2.05, 4.69) is 15.9 Å². The molecule has 0 bridgehead atoms. The molecule has 1 N–H and O–H groups in total. The fourth-order valence-corrected chi connectivity index (χ4v) is 3.31. The third kappa shape index (κ3) is 2.66. The zero-order valence-corrected chi connectivity index (χ0v) is 12.1. The fraction of sp³-hybridized carbons (Fsp3) is 0.429. The van der Waals surface area contributed by atoms with Crippen molar-refractivity contribution < 1.29 is 14.7 Å². The summed E-state index contributed by atoms with van der Waals surface area (Å²) in [6.07, 6.45) is 0.767. The van der Waals surface area contributed by atoms with Crippen LogP contribution in [0.15, 0.2) is 30.3 Å². The summed E-state index contributed by atoms with van der Waals surface area (Å²) in [6, 6.07) is 9.58. The van der Waals surface area contributed by atoms with Crippen molar-refractivity contribution in [1.82, 2.24) is 4.90 Å². The van der Waals surface area contributed by atoms with Crippen molar-refractivity contribution in [3.8, 4) is 0 Å². The van der Waals surface area contributed by atoms with Gasteiger partial charge in [0.15, 0.2) is 5.78 Å². The van der Waals surface area contributed by atoms with E-state index >= 15 is 0 Å². The number of amides is 1. The molecule has 1 fully saturated rings. The van der Waals surface area contributed by atoms with E-state index in [4.69, 9.17) is 0 Å². The second-order valence-electron chi connectivity index (χ2n) is 4.79. The Balaban J connectivity index is 2.35. The van der Waals surface area contributed by atoms with Crippen LogP contribution in [0, 0.1) is 0 Å². The number of carbonyl (C=O) groups excluding carboxylic acids is 1. The molecule has 102 valence electrons. The lowest BCUT2D eigenvalue weighted by molar-refractivity contribution is -0.126. The van der Waals surface area contributed by atoms with Gasteiger partial charge in [0.05, 0.1) is 5.33 Å². The quantitative estimate of drug-likeness (QED) is 0.866. The molecule has 1 saturated heterocycles. The van der Waals surface area contributed by atoms with Gasteiger partial charge in [-0.3, -0.25) is 9.69 Å². The van der Waals surface area contributed by atoms with Crippen molar-refractivity contribution >= 4 is 27.8 Å². The maximum Gasteiger partial charge on any atom is 0.408 e. The van der Waals surface area contributed by atoms with Gasteiger partial charge >= 0.3 is 6.09 Å². The molecular weight excluding hydrogens is 310 g/mol. The lowest BCUT2D eigenvalue weighted by Gasteiger charge is -2.35. The van der Waals surface area contributed by atoms with Crippen LogP contribution in [0.1, 0.15) is 18.4 Å². The van der Waals surface area contributed by atoms with E-state index in [1.807, 2.05) is 30.3 Å². The van der Waals surface area contributed by atoms with Crippen molar-refractivity contribution in [2.45, 2.75) is 24.8 Å². The van der Waals surface area contributed by atoms with E-state index in [1.165, 1.54) is 4.90 Å². The predicted octanol–water partition coefficient (Wildman–Crippen LogP) is 2.71. The van der Waals surface area contributed by atoms with Gasteiger partial charge in [-0.25, -0.2) is 4.79 Å². The lowest BCUT2D eigenvalue weighted by Crippen LogP contribution is -2.54. The summed E-state index contributed by atoms with van der Waals surface area (Å²) < 4.78 is 0. The number of hydrogen-bond acceptors (Lipinski definition) is 2. The molecule has 1 aliphatic heterocycles. The van der Waals surface area contributed by atoms with E-state index in [0.29, 0.717) is 19.4 Å². The van der Waals surface area contributed by atoms with Crippen LogP contribution in [0.5, 0.6) is 0 Å². The van der Waals surface area contributed by atoms with Gasteiger partial charge in [0, 0.05) is 13.0 Å². The first-order valence-corrected chi connectivity index (χ1v) is 7.36. The van der Waals surface area contributed by atoms with Crippen molar-refractivity contribution in [2.24, 2.45) is 0 Å². The van der Waals surface area contributed by atoms with E-state index in [0.717, 1.165) is 12.0 Å². The summed E-state index contributed by atoms with van der Waals surface area (Å²) in [4.78, 5) is 25.0. The Morgan fingerprint density at radius 1 is 1.32 bits per heavy atom. The molecule has 1 amide bonds. The minimum atomic E-state index is -1.01. The molecule has 1 aliphatic rings. The predicted molar refractivity (Wildman–Crippen MR) is 75.6 cm³/mol. The molecule has 0 spiro atoms. The van der Waals surface area contributed by atoms with Crippen molar-refractivity contribution in [1.29, 1.82) is 0 Å². The normalized spacial score (nSPS) is 22.5. The molecule has 0 saturated carbocycles. The molecule has 5 heteroatoms. The number of ketones is 1. The lowest BCUT2D eigenvalue weighted by atomic mass is 9.85. The first kappa shape index (κ1) is 14.1. The standard InChI is InChI=1S/C14H16BrNO3/c15-10-12(17)14(7-4-8-16(14)13(18)19)9-11-5-2-1-3-6-11/h1-3,5-6H,4,7-10H2,(H,18,19). The van der Waals surface area contributed by atoms with Gasteiger partial charge in [0.25, 0.3) is 0 Å². The summed E-state index contributed by atoms with van der Waals surface area (Å²) in [5.41, 5.74) is 0.0846. The monoisotopic (exact) mass is 325 g/mol. The van der Waals surface area contributed by atoms with Crippen molar-refractivity contribution in [3.05, 3.63) is 35.9 Å². The molecule has 19 heavy (non-hydrogen) atoms. The Hall–Kier alpha value is -1.36. The second kappa shape index (κ2) is 5.74. The molecule has 1 aromatic carbocycles. The molecule has 4 nitrogen and oxygen atoms in total. The first-order valence-electron chi connectivity index (χ1n) is 6.24. The molecule has 0 radical (unpaired) electrons. The van der Waals surface area contributed by atoms with E-state index in [1.54, 1.807) is 0 Å². The number of benzene rings is 1. The van der Waals surface area contributed by atoms with Crippen LogP contribution >= 0.6 is 15.9 Å². The van der Waals surface area contributed by atoms with Gasteiger partial charge in [-0.05, 0) is 18.4 Å². The van der Waals surface area contributed by atoms with Gasteiger partial charge < -0.3 is 5.11 Å². The average molecular weight is 326 g/mol. The Kier molecular flexibility index (Phi) is 4.24. The fourth-order valence-electron chi connectivity index (χ4n) is 2.79. The SMILES string of the molecule is O=C(O)N1CCCC1(Cc1ccccc1)C(=O)CBr. The highest BCUT2D eigenvalue weighted by molar-refractivity contribution is 9.09. The molecule has 0 aliphatic carbocycles. The van der Waals surface area contributed by atoms with Gasteiger partial charge in [-0.15, -0.1) is 0 Å². The average Bonchev–Trinajstić information content (AvgIpc) is 2.84. The zero-order valence-electron chi connectivity index (χ0n) is 10.5. The van der Waals surface area contributed by atoms with Crippen molar-refractivity contribution in [3.63, 3.8) is 0 Å². The van der Waals surface area contributed by atoms with Gasteiger partial charge in [-0.1, -0.05) is 46.3 Å². The molecule has 1 heterocycles. The van der Waals surface area contributed by atoms with E-state index in [-0.39, 0.29) is 11.1 Å². The molecule has 1 unspecified atom stereocenters. The highest BCUT2D eigenvalue weighted by Crippen LogP contribution is 2.34. The summed E-state index contributed by atoms with van der Waals surface area (Å²) in [7, 11) is 0. The highest BCUT2D eigenvalue weighted by atomic mass is 79.9. The van der Waals surface area contributed by atoms with Crippen LogP contribution in [0.2, 0.25) is 0 Å². The maximum atomic E-state index is 12.3. The Morgan fingerprint density at radius 3 is 2.58 bits per heavy atom. The summed E-state index contributed by atoms with van der Waals surface area (Å²) in [5, 5.41) is 9.51. The van der Waals surface area contributed by atoms with Gasteiger partial charge in [0.2, 0.25) is 0 Å². The van der Waals surface area contributed by atoms with Crippen LogP contribution in [0.4, 0.5) is 4.79 Å². The molecule has 2 rings (SSSR count). The van der Waals surface area contributed by atoms with E-state index in [9.17, 15) is 14.7 Å². The van der Waals surface area contributed by atoms with Crippen LogP contribution in [-0.4, -0.2) is 39.3 Å². The van der Waals surface area contributed by atoms with Crippen molar-refractivity contribution in [2.75, 3.05) is 11.9 Å². The van der Waals surface area contributed by atoms with Crippen LogP contribution in [0.3, 0.4) is 0 Å². The zero-order chi connectivity index (χ0) is 13.9.